The molecule has 116 valence electrons. The molecule has 0 aliphatic carbocycles. The molecule has 1 amide bonds. The van der Waals surface area contributed by atoms with Gasteiger partial charge in [0.25, 0.3) is 11.5 Å². The van der Waals surface area contributed by atoms with Crippen molar-refractivity contribution in [3.8, 4) is 0 Å². The normalized spacial score (nSPS) is 10.5. The number of aryl methyl sites for hydroxylation is 1. The summed E-state index contributed by atoms with van der Waals surface area (Å²) in [5, 5.41) is 7.64. The molecule has 3 aromatic rings. The summed E-state index contributed by atoms with van der Waals surface area (Å²) >= 11 is 6.04. The summed E-state index contributed by atoms with van der Waals surface area (Å²) in [6.07, 6.45) is 0. The Kier molecular flexibility index (Phi) is 3.99. The van der Waals surface area contributed by atoms with Crippen LogP contribution in [0.25, 0.3) is 10.8 Å². The lowest BCUT2D eigenvalue weighted by Gasteiger charge is -2.10. The first-order valence-corrected chi connectivity index (χ1v) is 7.24. The molecule has 7 heteroatoms. The fourth-order valence-corrected chi connectivity index (χ4v) is 2.33. The fourth-order valence-electron chi connectivity index (χ4n) is 2.15. The number of hydrazine groups is 1. The molecule has 2 aromatic carbocycles. The van der Waals surface area contributed by atoms with Gasteiger partial charge in [0.2, 0.25) is 0 Å². The summed E-state index contributed by atoms with van der Waals surface area (Å²) < 4.78 is 0. The van der Waals surface area contributed by atoms with Crippen LogP contribution in [0.3, 0.4) is 0 Å². The van der Waals surface area contributed by atoms with E-state index >= 15 is 0 Å². The Morgan fingerprint density at radius 3 is 2.65 bits per heavy atom. The van der Waals surface area contributed by atoms with Crippen LogP contribution >= 0.6 is 11.6 Å². The van der Waals surface area contributed by atoms with Crippen LogP contribution in [0.4, 0.5) is 5.69 Å². The van der Waals surface area contributed by atoms with Crippen LogP contribution in [0.2, 0.25) is 5.02 Å². The van der Waals surface area contributed by atoms with Crippen molar-refractivity contribution < 1.29 is 4.79 Å². The zero-order valence-corrected chi connectivity index (χ0v) is 12.9. The highest BCUT2D eigenvalue weighted by atomic mass is 35.5. The summed E-state index contributed by atoms with van der Waals surface area (Å²) in [6, 6.07) is 12.1. The summed E-state index contributed by atoms with van der Waals surface area (Å²) in [4.78, 5) is 24.0. The molecule has 1 aromatic heterocycles. The summed E-state index contributed by atoms with van der Waals surface area (Å²) in [5.41, 5.74) is 6.69. The molecule has 0 bridgehead atoms. The van der Waals surface area contributed by atoms with Crippen LogP contribution in [0.1, 0.15) is 16.1 Å². The second-order valence-electron chi connectivity index (χ2n) is 4.99. The number of aromatic amines is 1. The number of H-pyrrole nitrogens is 1. The van der Waals surface area contributed by atoms with Crippen LogP contribution in [0.15, 0.2) is 47.3 Å². The molecule has 3 rings (SSSR count). The van der Waals surface area contributed by atoms with E-state index in [4.69, 9.17) is 11.6 Å². The number of fused-ring (bicyclic) bond motifs is 1. The monoisotopic (exact) mass is 328 g/mol. The number of amides is 1. The molecule has 0 radical (unpaired) electrons. The van der Waals surface area contributed by atoms with Crippen LogP contribution in [-0.4, -0.2) is 16.1 Å². The first kappa shape index (κ1) is 15.1. The highest BCUT2D eigenvalue weighted by Gasteiger charge is 2.13. The van der Waals surface area contributed by atoms with Crippen LogP contribution in [-0.2, 0) is 0 Å². The first-order chi connectivity index (χ1) is 11.1. The van der Waals surface area contributed by atoms with Crippen molar-refractivity contribution in [1.29, 1.82) is 0 Å². The molecular weight excluding hydrogens is 316 g/mol. The van der Waals surface area contributed by atoms with E-state index in [1.807, 2.05) is 13.0 Å². The number of nitrogens with one attached hydrogen (secondary N) is 3. The molecular formula is C16H13ClN4O2. The predicted molar refractivity (Wildman–Crippen MR) is 89.6 cm³/mol. The van der Waals surface area contributed by atoms with Gasteiger partial charge < -0.3 is 0 Å². The van der Waals surface area contributed by atoms with Crippen LogP contribution in [0.5, 0.6) is 0 Å². The van der Waals surface area contributed by atoms with E-state index in [1.165, 1.54) is 0 Å². The molecule has 1 heterocycles. The number of aromatic nitrogens is 2. The van der Waals surface area contributed by atoms with E-state index in [0.717, 1.165) is 5.56 Å². The lowest BCUT2D eigenvalue weighted by molar-refractivity contribution is 0.0958. The second kappa shape index (κ2) is 6.10. The van der Waals surface area contributed by atoms with Crippen LogP contribution in [0, 0.1) is 6.92 Å². The molecule has 0 saturated heterocycles. The number of nitrogens with zero attached hydrogens (tertiary/aromatic N) is 1. The van der Waals surface area contributed by atoms with E-state index in [9.17, 15) is 9.59 Å². The number of carbonyl (C=O) groups excluding carboxylic acids is 1. The Morgan fingerprint density at radius 2 is 1.91 bits per heavy atom. The first-order valence-electron chi connectivity index (χ1n) is 6.86. The minimum Gasteiger partial charge on any atom is -0.298 e. The minimum atomic E-state index is -0.464. The van der Waals surface area contributed by atoms with Gasteiger partial charge in [-0.15, -0.1) is 0 Å². The average molecular weight is 329 g/mol. The van der Waals surface area contributed by atoms with Gasteiger partial charge in [0.05, 0.1) is 11.1 Å². The number of hydrogen-bond acceptors (Lipinski definition) is 4. The molecule has 0 aliphatic rings. The van der Waals surface area contributed by atoms with Gasteiger partial charge in [-0.05, 0) is 30.7 Å². The lowest BCUT2D eigenvalue weighted by Crippen LogP contribution is -2.31. The average Bonchev–Trinajstić information content (AvgIpc) is 2.56. The molecule has 0 unspecified atom stereocenters. The van der Waals surface area contributed by atoms with E-state index in [2.05, 4.69) is 21.0 Å². The molecule has 3 N–H and O–H groups in total. The number of benzene rings is 2. The summed E-state index contributed by atoms with van der Waals surface area (Å²) in [7, 11) is 0. The maximum atomic E-state index is 12.3. The number of hydrogen-bond donors (Lipinski definition) is 3. The number of rotatable bonds is 3. The minimum absolute atomic E-state index is 0.130. The highest BCUT2D eigenvalue weighted by molar-refractivity contribution is 6.31. The predicted octanol–water partition coefficient (Wildman–Crippen LogP) is 2.64. The molecule has 6 nitrogen and oxygen atoms in total. The van der Waals surface area contributed by atoms with Gasteiger partial charge in [-0.2, -0.15) is 5.10 Å². The Morgan fingerprint density at radius 1 is 1.17 bits per heavy atom. The Hall–Kier alpha value is -2.86. The van der Waals surface area contributed by atoms with E-state index < -0.39 is 5.91 Å². The lowest BCUT2D eigenvalue weighted by atomic mass is 10.1. The van der Waals surface area contributed by atoms with Gasteiger partial charge >= 0.3 is 0 Å². The Balaban J connectivity index is 1.85. The Labute approximate surface area is 136 Å². The quantitative estimate of drug-likeness (QED) is 0.645. The topological polar surface area (TPSA) is 86.9 Å². The zero-order chi connectivity index (χ0) is 16.4. The highest BCUT2D eigenvalue weighted by Crippen LogP contribution is 2.19. The number of anilines is 1. The van der Waals surface area contributed by atoms with Crippen molar-refractivity contribution in [2.75, 3.05) is 5.43 Å². The molecule has 0 fully saturated rings. The molecule has 0 atom stereocenters. The Bertz CT molecular complexity index is 952. The van der Waals surface area contributed by atoms with Crippen molar-refractivity contribution in [2.45, 2.75) is 6.92 Å². The van der Waals surface area contributed by atoms with Crippen molar-refractivity contribution in [3.63, 3.8) is 0 Å². The van der Waals surface area contributed by atoms with Crippen LogP contribution < -0.4 is 16.4 Å². The second-order valence-corrected chi connectivity index (χ2v) is 5.40. The van der Waals surface area contributed by atoms with Gasteiger partial charge in [-0.1, -0.05) is 35.9 Å². The summed E-state index contributed by atoms with van der Waals surface area (Å²) in [6.45, 7) is 1.89. The standard InChI is InChI=1S/C16H13ClN4O2/c1-9-6-7-10(8-13(9)17)18-21-16(23)14-11-4-2-3-5-12(11)15(22)20-19-14/h2-8,18H,1H3,(H,20,22)(H,21,23). The third-order valence-electron chi connectivity index (χ3n) is 3.40. The maximum Gasteiger partial charge on any atom is 0.290 e. The SMILES string of the molecule is Cc1ccc(NNC(=O)c2n[nH]c(=O)c3ccccc23)cc1Cl. The third-order valence-corrected chi connectivity index (χ3v) is 3.81. The molecule has 0 aliphatic heterocycles. The number of carbonyl (C=O) groups is 1. The van der Waals surface area contributed by atoms with Gasteiger partial charge in [-0.25, -0.2) is 5.10 Å². The number of halogens is 1. The third kappa shape index (κ3) is 3.02. The zero-order valence-electron chi connectivity index (χ0n) is 12.2. The van der Waals surface area contributed by atoms with Crippen molar-refractivity contribution in [2.24, 2.45) is 0 Å². The van der Waals surface area contributed by atoms with E-state index in [1.54, 1.807) is 36.4 Å². The molecule has 23 heavy (non-hydrogen) atoms. The van der Waals surface area contributed by atoms with Gasteiger partial charge in [0, 0.05) is 10.4 Å². The largest absolute Gasteiger partial charge is 0.298 e. The fraction of sp³-hybridized carbons (Fsp3) is 0.0625. The summed E-state index contributed by atoms with van der Waals surface area (Å²) in [5.74, 6) is -0.464. The molecule has 0 saturated carbocycles. The van der Waals surface area contributed by atoms with Crippen molar-refractivity contribution in [1.82, 2.24) is 15.6 Å². The van der Waals surface area contributed by atoms with E-state index in [0.29, 0.717) is 21.5 Å². The van der Waals surface area contributed by atoms with Gasteiger partial charge in [-0.3, -0.25) is 20.4 Å². The van der Waals surface area contributed by atoms with Crippen molar-refractivity contribution in [3.05, 3.63) is 69.1 Å². The van der Waals surface area contributed by atoms with Gasteiger partial charge in [0.1, 0.15) is 0 Å². The van der Waals surface area contributed by atoms with Gasteiger partial charge in [0.15, 0.2) is 5.69 Å². The maximum absolute atomic E-state index is 12.3. The van der Waals surface area contributed by atoms with Crippen molar-refractivity contribution >= 4 is 34.0 Å². The van der Waals surface area contributed by atoms with E-state index in [-0.39, 0.29) is 11.3 Å². The smallest absolute Gasteiger partial charge is 0.290 e. The molecule has 0 spiro atoms.